The molecule has 0 aliphatic carbocycles. The zero-order valence-electron chi connectivity index (χ0n) is 19.4. The summed E-state index contributed by atoms with van der Waals surface area (Å²) in [6.45, 7) is 9.15. The van der Waals surface area contributed by atoms with Gasteiger partial charge in [0.1, 0.15) is 0 Å². The predicted octanol–water partition coefficient (Wildman–Crippen LogP) is 5.22. The number of benzene rings is 2. The quantitative estimate of drug-likeness (QED) is 0.517. The molecule has 1 atom stereocenters. The Hall–Kier alpha value is -2.34. The van der Waals surface area contributed by atoms with Crippen molar-refractivity contribution >= 4 is 21.6 Å². The number of aryl methyl sites for hydroxylation is 2. The number of nitrogens with one attached hydrogen (secondary N) is 1. The summed E-state index contributed by atoms with van der Waals surface area (Å²) in [4.78, 5) is 12.5. The molecule has 0 spiro atoms. The Labute approximate surface area is 187 Å². The van der Waals surface area contributed by atoms with E-state index in [0.717, 1.165) is 29.5 Å². The Morgan fingerprint density at radius 3 is 2.16 bits per heavy atom. The molecule has 0 heterocycles. The highest BCUT2D eigenvalue weighted by Gasteiger charge is 2.19. The highest BCUT2D eigenvalue weighted by molar-refractivity contribution is 7.92. The van der Waals surface area contributed by atoms with Crippen LogP contribution in [0.15, 0.2) is 42.5 Å². The van der Waals surface area contributed by atoms with Crippen molar-refractivity contribution in [3.8, 4) is 0 Å². The van der Waals surface area contributed by atoms with Crippen molar-refractivity contribution in [1.82, 2.24) is 5.32 Å². The number of unbranched alkanes of at least 4 members (excludes halogenated alkanes) is 1. The molecule has 0 unspecified atom stereocenters. The summed E-state index contributed by atoms with van der Waals surface area (Å²) in [5, 5.41) is 3.04. The molecule has 5 nitrogen and oxygen atoms in total. The van der Waals surface area contributed by atoms with E-state index in [0.29, 0.717) is 23.7 Å². The average Bonchev–Trinajstić information content (AvgIpc) is 2.70. The smallest absolute Gasteiger partial charge is 0.251 e. The van der Waals surface area contributed by atoms with Crippen LogP contribution in [0, 0.1) is 19.8 Å². The number of amides is 1. The molecule has 0 aliphatic heterocycles. The fourth-order valence-electron chi connectivity index (χ4n) is 3.70. The number of carbonyl (C=O) groups excluding carboxylic acids is 1. The van der Waals surface area contributed by atoms with Crippen molar-refractivity contribution in [3.63, 3.8) is 0 Å². The van der Waals surface area contributed by atoms with Crippen LogP contribution < -0.4 is 9.62 Å². The van der Waals surface area contributed by atoms with Gasteiger partial charge in [-0.05, 0) is 67.1 Å². The van der Waals surface area contributed by atoms with Crippen LogP contribution in [0.3, 0.4) is 0 Å². The van der Waals surface area contributed by atoms with E-state index >= 15 is 0 Å². The van der Waals surface area contributed by atoms with Gasteiger partial charge in [-0.1, -0.05) is 51.3 Å². The molecule has 2 rings (SSSR count). The summed E-state index contributed by atoms with van der Waals surface area (Å²) in [5.41, 5.74) is 4.10. The van der Waals surface area contributed by atoms with Crippen LogP contribution in [0.2, 0.25) is 0 Å². The highest BCUT2D eigenvalue weighted by Crippen LogP contribution is 2.24. The van der Waals surface area contributed by atoms with Gasteiger partial charge in [0.05, 0.1) is 18.5 Å². The summed E-state index contributed by atoms with van der Waals surface area (Å²) in [6, 6.07) is 12.9. The third kappa shape index (κ3) is 7.69. The number of nitrogens with zero attached hydrogens (tertiary/aromatic N) is 1. The van der Waals surface area contributed by atoms with E-state index in [4.69, 9.17) is 0 Å². The molecule has 0 aromatic heterocycles. The first-order valence-electron chi connectivity index (χ1n) is 11.1. The zero-order chi connectivity index (χ0) is 23.0. The van der Waals surface area contributed by atoms with Gasteiger partial charge >= 0.3 is 0 Å². The predicted molar refractivity (Wildman–Crippen MR) is 129 cm³/mol. The summed E-state index contributed by atoms with van der Waals surface area (Å²) in [5.74, 6) is 0.417. The molecule has 0 radical (unpaired) electrons. The van der Waals surface area contributed by atoms with Gasteiger partial charge in [0.15, 0.2) is 0 Å². The highest BCUT2D eigenvalue weighted by atomic mass is 32.2. The van der Waals surface area contributed by atoms with E-state index in [-0.39, 0.29) is 12.5 Å². The minimum atomic E-state index is -3.45. The largest absolute Gasteiger partial charge is 0.352 e. The molecule has 0 bridgehead atoms. The molecule has 1 amide bonds. The average molecular weight is 445 g/mol. The Bertz CT molecular complexity index is 949. The normalized spacial score (nSPS) is 12.4. The van der Waals surface area contributed by atoms with Crippen molar-refractivity contribution in [2.24, 2.45) is 5.92 Å². The minimum absolute atomic E-state index is 0.0872. The first-order chi connectivity index (χ1) is 14.6. The number of anilines is 1. The van der Waals surface area contributed by atoms with Crippen LogP contribution in [0.5, 0.6) is 0 Å². The van der Waals surface area contributed by atoms with Crippen molar-refractivity contribution < 1.29 is 13.2 Å². The molecule has 6 heteroatoms. The van der Waals surface area contributed by atoms with Gasteiger partial charge in [-0.3, -0.25) is 9.10 Å². The maximum Gasteiger partial charge on any atom is 0.251 e. The van der Waals surface area contributed by atoms with E-state index in [1.165, 1.54) is 23.4 Å². The molecular formula is C25H36N2O3S. The topological polar surface area (TPSA) is 66.5 Å². The van der Waals surface area contributed by atoms with E-state index in [1.807, 2.05) is 44.2 Å². The van der Waals surface area contributed by atoms with Gasteiger partial charge in [0.2, 0.25) is 10.0 Å². The second-order valence-electron chi connectivity index (χ2n) is 8.44. The molecule has 0 aliphatic rings. The zero-order valence-corrected chi connectivity index (χ0v) is 20.3. The fraction of sp³-hybridized carbons (Fsp3) is 0.480. The molecule has 0 fully saturated rings. The van der Waals surface area contributed by atoms with Gasteiger partial charge in [-0.2, -0.15) is 0 Å². The van der Waals surface area contributed by atoms with Gasteiger partial charge in [-0.25, -0.2) is 8.42 Å². The van der Waals surface area contributed by atoms with Crippen molar-refractivity contribution in [2.75, 3.05) is 17.1 Å². The van der Waals surface area contributed by atoms with Crippen molar-refractivity contribution in [1.29, 1.82) is 0 Å². The summed E-state index contributed by atoms with van der Waals surface area (Å²) in [6.07, 6.45) is 5.75. The summed E-state index contributed by atoms with van der Waals surface area (Å²) >= 11 is 0. The van der Waals surface area contributed by atoms with Crippen LogP contribution in [-0.2, 0) is 16.6 Å². The Kier molecular flexibility index (Phi) is 9.11. The molecule has 1 N–H and O–H groups in total. The standard InChI is InChI=1S/C25H36N2O3S/c1-6-8-9-21(7-2)17-26-25(28)23-12-10-22(11-13-23)18-27(31(5,29)30)24-15-19(3)14-20(4)16-24/h10-16,21H,6-9,17-18H2,1-5H3,(H,26,28)/t21-/m0/s1. The number of hydrogen-bond acceptors (Lipinski definition) is 3. The number of carbonyl (C=O) groups is 1. The second-order valence-corrected chi connectivity index (χ2v) is 10.3. The maximum absolute atomic E-state index is 12.5. The van der Waals surface area contributed by atoms with Crippen LogP contribution in [0.4, 0.5) is 5.69 Å². The monoisotopic (exact) mass is 444 g/mol. The van der Waals surface area contributed by atoms with Gasteiger partial charge in [0, 0.05) is 12.1 Å². The van der Waals surface area contributed by atoms with Crippen LogP contribution in [-0.4, -0.2) is 27.1 Å². The minimum Gasteiger partial charge on any atom is -0.352 e. The van der Waals surface area contributed by atoms with Crippen molar-refractivity contribution in [3.05, 3.63) is 64.7 Å². The third-order valence-corrected chi connectivity index (χ3v) is 6.67. The third-order valence-electron chi connectivity index (χ3n) is 5.53. The number of rotatable bonds is 11. The lowest BCUT2D eigenvalue weighted by Gasteiger charge is -2.23. The lowest BCUT2D eigenvalue weighted by molar-refractivity contribution is 0.0946. The second kappa shape index (κ2) is 11.3. The van der Waals surface area contributed by atoms with Gasteiger partial charge in [0.25, 0.3) is 5.91 Å². The fourth-order valence-corrected chi connectivity index (χ4v) is 4.58. The van der Waals surface area contributed by atoms with E-state index in [2.05, 4.69) is 19.2 Å². The van der Waals surface area contributed by atoms with E-state index < -0.39 is 10.0 Å². The van der Waals surface area contributed by atoms with Gasteiger partial charge < -0.3 is 5.32 Å². The first kappa shape index (κ1) is 24.9. The molecule has 2 aromatic carbocycles. The SMILES string of the molecule is CCCC[C@H](CC)CNC(=O)c1ccc(CN(c2cc(C)cc(C)c2)S(C)(=O)=O)cc1. The molecule has 31 heavy (non-hydrogen) atoms. The molecule has 170 valence electrons. The van der Waals surface area contributed by atoms with E-state index in [9.17, 15) is 13.2 Å². The number of sulfonamides is 1. The maximum atomic E-state index is 12.5. The molecule has 0 saturated carbocycles. The van der Waals surface area contributed by atoms with Crippen LogP contribution >= 0.6 is 0 Å². The summed E-state index contributed by atoms with van der Waals surface area (Å²) in [7, 11) is -3.45. The summed E-state index contributed by atoms with van der Waals surface area (Å²) < 4.78 is 26.3. The lowest BCUT2D eigenvalue weighted by atomic mass is 9.99. The van der Waals surface area contributed by atoms with Crippen LogP contribution in [0.1, 0.15) is 66.6 Å². The van der Waals surface area contributed by atoms with E-state index in [1.54, 1.807) is 12.1 Å². The number of hydrogen-bond donors (Lipinski definition) is 1. The van der Waals surface area contributed by atoms with Gasteiger partial charge in [-0.15, -0.1) is 0 Å². The first-order valence-corrected chi connectivity index (χ1v) is 12.9. The molecule has 0 saturated heterocycles. The Balaban J connectivity index is 2.09. The molecule has 2 aromatic rings. The Morgan fingerprint density at radius 2 is 1.65 bits per heavy atom. The van der Waals surface area contributed by atoms with Crippen LogP contribution in [0.25, 0.3) is 0 Å². The molecular weight excluding hydrogens is 408 g/mol. The van der Waals surface area contributed by atoms with Crippen molar-refractivity contribution in [2.45, 2.75) is 59.9 Å². The lowest BCUT2D eigenvalue weighted by Crippen LogP contribution is -2.30. The Morgan fingerprint density at radius 1 is 1.03 bits per heavy atom.